The van der Waals surface area contributed by atoms with Gasteiger partial charge in [-0.2, -0.15) is 0 Å². The van der Waals surface area contributed by atoms with E-state index in [1.807, 2.05) is 0 Å². The van der Waals surface area contributed by atoms with Gasteiger partial charge in [0.25, 0.3) is 5.78 Å². The first kappa shape index (κ1) is 15.6. The van der Waals surface area contributed by atoms with Crippen LogP contribution in [0.15, 0.2) is 16.6 Å². The van der Waals surface area contributed by atoms with Gasteiger partial charge in [0, 0.05) is 19.6 Å². The van der Waals surface area contributed by atoms with E-state index in [-0.39, 0.29) is 13.2 Å². The van der Waals surface area contributed by atoms with Crippen molar-refractivity contribution in [3.63, 3.8) is 0 Å². The molecule has 0 saturated carbocycles. The van der Waals surface area contributed by atoms with Crippen molar-refractivity contribution in [3.05, 3.63) is 11.6 Å². The van der Waals surface area contributed by atoms with Gasteiger partial charge in [-0.05, 0) is 34.5 Å². The lowest BCUT2D eigenvalue weighted by Gasteiger charge is -2.20. The Morgan fingerprint density at radius 3 is 2.63 bits per heavy atom. The molecule has 19 heavy (non-hydrogen) atoms. The second kappa shape index (κ2) is 6.60. The van der Waals surface area contributed by atoms with Gasteiger partial charge in [-0.1, -0.05) is 0 Å². The van der Waals surface area contributed by atoms with Crippen LogP contribution in [0.1, 0.15) is 20.3 Å². The molecular weight excluding hydrogens is 318 g/mol. The maximum Gasteiger partial charge on any atom is 0.378 e. The average molecular weight is 332 g/mol. The van der Waals surface area contributed by atoms with Crippen LogP contribution in [-0.2, 0) is 23.9 Å². The zero-order valence-electron chi connectivity index (χ0n) is 10.6. The zero-order chi connectivity index (χ0) is 14.5. The fourth-order valence-corrected chi connectivity index (χ4v) is 2.12. The van der Waals surface area contributed by atoms with Crippen LogP contribution in [0.3, 0.4) is 0 Å². The normalized spacial score (nSPS) is 20.9. The molecule has 6 nitrogen and oxygen atoms in total. The fraction of sp³-hybridized carbons (Fsp3) is 0.500. The SMILES string of the molecule is CCOC(=O)C(=O)C1(Br)N=CC=C1CCOC(C)=O. The van der Waals surface area contributed by atoms with E-state index in [1.165, 1.54) is 13.1 Å². The van der Waals surface area contributed by atoms with Crippen LogP contribution in [-0.4, -0.2) is 41.6 Å². The number of hydrogen-bond donors (Lipinski definition) is 0. The van der Waals surface area contributed by atoms with E-state index in [0.29, 0.717) is 12.0 Å². The first-order valence-electron chi connectivity index (χ1n) is 5.70. The number of carbonyl (C=O) groups is 3. The summed E-state index contributed by atoms with van der Waals surface area (Å²) in [4.78, 5) is 38.1. The molecule has 0 fully saturated rings. The average Bonchev–Trinajstić information content (AvgIpc) is 2.71. The van der Waals surface area contributed by atoms with Crippen molar-refractivity contribution < 1.29 is 23.9 Å². The first-order valence-corrected chi connectivity index (χ1v) is 6.49. The summed E-state index contributed by atoms with van der Waals surface area (Å²) in [7, 11) is 0. The Kier molecular flexibility index (Phi) is 5.41. The molecule has 7 heteroatoms. The summed E-state index contributed by atoms with van der Waals surface area (Å²) in [5.74, 6) is -2.15. The fourth-order valence-electron chi connectivity index (χ4n) is 1.51. The third-order valence-electron chi connectivity index (χ3n) is 2.39. The number of alkyl halides is 1. The lowest BCUT2D eigenvalue weighted by atomic mass is 10.0. The number of hydrogen-bond acceptors (Lipinski definition) is 6. The molecule has 0 saturated heterocycles. The molecular formula is C12H14BrNO5. The molecule has 1 heterocycles. The number of halogens is 1. The van der Waals surface area contributed by atoms with Crippen molar-refractivity contribution in [1.29, 1.82) is 0 Å². The van der Waals surface area contributed by atoms with Crippen LogP contribution in [0.4, 0.5) is 0 Å². The van der Waals surface area contributed by atoms with Gasteiger partial charge in [0.2, 0.25) is 4.45 Å². The highest BCUT2D eigenvalue weighted by Gasteiger charge is 2.45. The summed E-state index contributed by atoms with van der Waals surface area (Å²) in [6.07, 6.45) is 3.33. The summed E-state index contributed by atoms with van der Waals surface area (Å²) in [5, 5.41) is 0. The van der Waals surface area contributed by atoms with Crippen LogP contribution >= 0.6 is 15.9 Å². The molecule has 0 aromatic carbocycles. The first-order chi connectivity index (χ1) is 8.91. The largest absolute Gasteiger partial charge is 0.466 e. The van der Waals surface area contributed by atoms with E-state index in [0.717, 1.165) is 0 Å². The summed E-state index contributed by atoms with van der Waals surface area (Å²) in [6, 6.07) is 0. The lowest BCUT2D eigenvalue weighted by molar-refractivity contribution is -0.154. The third kappa shape index (κ3) is 3.73. The van der Waals surface area contributed by atoms with Crippen molar-refractivity contribution in [3.8, 4) is 0 Å². The van der Waals surface area contributed by atoms with Crippen molar-refractivity contribution in [2.45, 2.75) is 24.7 Å². The van der Waals surface area contributed by atoms with E-state index in [4.69, 9.17) is 4.74 Å². The minimum Gasteiger partial charge on any atom is -0.466 e. The number of ketones is 1. The number of esters is 2. The van der Waals surface area contributed by atoms with Crippen LogP contribution in [0.25, 0.3) is 0 Å². The van der Waals surface area contributed by atoms with Crippen LogP contribution in [0.5, 0.6) is 0 Å². The Bertz CT molecular complexity index is 457. The summed E-state index contributed by atoms with van der Waals surface area (Å²) >= 11 is 3.16. The standard InChI is InChI=1S/C12H14BrNO5/c1-3-18-11(17)10(16)12(13)9(4-6-14-12)5-7-19-8(2)15/h4,6H,3,5,7H2,1-2H3. The molecule has 1 atom stereocenters. The molecule has 1 aliphatic rings. The van der Waals surface area contributed by atoms with E-state index < -0.39 is 22.2 Å². The summed E-state index contributed by atoms with van der Waals surface area (Å²) in [5.41, 5.74) is 0.548. The number of ether oxygens (including phenoxy) is 2. The van der Waals surface area contributed by atoms with E-state index in [2.05, 4.69) is 25.7 Å². The van der Waals surface area contributed by atoms with Gasteiger partial charge in [0.15, 0.2) is 0 Å². The Hall–Kier alpha value is -1.50. The van der Waals surface area contributed by atoms with Gasteiger partial charge in [-0.25, -0.2) is 4.79 Å². The molecule has 0 radical (unpaired) electrons. The molecule has 1 aliphatic heterocycles. The van der Waals surface area contributed by atoms with E-state index >= 15 is 0 Å². The number of allylic oxidation sites excluding steroid dienone is 1. The predicted octanol–water partition coefficient (Wildman–Crippen LogP) is 1.17. The Morgan fingerprint density at radius 2 is 2.05 bits per heavy atom. The molecule has 0 amide bonds. The predicted molar refractivity (Wildman–Crippen MR) is 71.1 cm³/mol. The molecule has 0 aromatic heterocycles. The number of nitrogens with zero attached hydrogens (tertiary/aromatic N) is 1. The molecule has 0 spiro atoms. The van der Waals surface area contributed by atoms with Gasteiger partial charge < -0.3 is 9.47 Å². The molecule has 1 rings (SSSR count). The van der Waals surface area contributed by atoms with Crippen molar-refractivity contribution in [2.75, 3.05) is 13.2 Å². The van der Waals surface area contributed by atoms with Gasteiger partial charge >= 0.3 is 11.9 Å². The Labute approximate surface area is 119 Å². The molecule has 104 valence electrons. The minimum atomic E-state index is -1.43. The summed E-state index contributed by atoms with van der Waals surface area (Å²) in [6.45, 7) is 3.14. The van der Waals surface area contributed by atoms with Gasteiger partial charge in [-0.15, -0.1) is 0 Å². The van der Waals surface area contributed by atoms with Crippen LogP contribution < -0.4 is 0 Å². The molecule has 0 aliphatic carbocycles. The molecule has 0 bridgehead atoms. The Morgan fingerprint density at radius 1 is 1.37 bits per heavy atom. The van der Waals surface area contributed by atoms with Crippen LogP contribution in [0, 0.1) is 0 Å². The molecule has 0 aromatic rings. The second-order valence-electron chi connectivity index (χ2n) is 3.73. The number of rotatable bonds is 6. The third-order valence-corrected chi connectivity index (χ3v) is 3.47. The number of carbonyl (C=O) groups excluding carboxylic acids is 3. The minimum absolute atomic E-state index is 0.115. The molecule has 1 unspecified atom stereocenters. The molecule has 0 N–H and O–H groups in total. The second-order valence-corrected chi connectivity index (χ2v) is 4.88. The van der Waals surface area contributed by atoms with Crippen molar-refractivity contribution >= 4 is 39.9 Å². The maximum absolute atomic E-state index is 12.0. The lowest BCUT2D eigenvalue weighted by Crippen LogP contribution is -2.38. The van der Waals surface area contributed by atoms with Crippen molar-refractivity contribution in [2.24, 2.45) is 4.99 Å². The smallest absolute Gasteiger partial charge is 0.378 e. The monoisotopic (exact) mass is 331 g/mol. The number of Topliss-reactive ketones (excluding diaryl/α,β-unsaturated/α-hetero) is 1. The highest BCUT2D eigenvalue weighted by Crippen LogP contribution is 2.35. The topological polar surface area (TPSA) is 82.0 Å². The van der Waals surface area contributed by atoms with Gasteiger partial charge in [0.05, 0.1) is 13.2 Å². The van der Waals surface area contributed by atoms with Gasteiger partial charge in [-0.3, -0.25) is 14.6 Å². The zero-order valence-corrected chi connectivity index (χ0v) is 12.2. The number of aliphatic imine (C=N–C) groups is 1. The highest BCUT2D eigenvalue weighted by atomic mass is 79.9. The van der Waals surface area contributed by atoms with E-state index in [1.54, 1.807) is 13.0 Å². The van der Waals surface area contributed by atoms with Gasteiger partial charge in [0.1, 0.15) is 0 Å². The van der Waals surface area contributed by atoms with Crippen LogP contribution in [0.2, 0.25) is 0 Å². The summed E-state index contributed by atoms with van der Waals surface area (Å²) < 4.78 is 8.04. The Balaban J connectivity index is 2.71. The van der Waals surface area contributed by atoms with E-state index in [9.17, 15) is 14.4 Å². The quantitative estimate of drug-likeness (QED) is 0.316. The maximum atomic E-state index is 12.0. The highest BCUT2D eigenvalue weighted by molar-refractivity contribution is 9.10. The van der Waals surface area contributed by atoms with Crippen molar-refractivity contribution in [1.82, 2.24) is 0 Å².